The highest BCUT2D eigenvalue weighted by Crippen LogP contribution is 2.50. The number of nitrogens with two attached hydrogens (primary N) is 1. The summed E-state index contributed by atoms with van der Waals surface area (Å²) >= 11 is 0. The van der Waals surface area contributed by atoms with Crippen LogP contribution in [0.3, 0.4) is 0 Å². The van der Waals surface area contributed by atoms with Crippen LogP contribution in [0.4, 0.5) is 5.69 Å². The number of anilines is 1. The molecule has 2 unspecified atom stereocenters. The Balaban J connectivity index is 1.57. The van der Waals surface area contributed by atoms with Gasteiger partial charge in [0.1, 0.15) is 5.54 Å². The molecule has 6 nitrogen and oxygen atoms in total. The maximum atomic E-state index is 12.8. The first-order chi connectivity index (χ1) is 14.9. The van der Waals surface area contributed by atoms with Gasteiger partial charge in [-0.25, -0.2) is 0 Å². The Bertz CT molecular complexity index is 990. The van der Waals surface area contributed by atoms with Crippen LogP contribution in [0.25, 0.3) is 0 Å². The van der Waals surface area contributed by atoms with Gasteiger partial charge >= 0.3 is 5.97 Å². The molecule has 1 saturated carbocycles. The third kappa shape index (κ3) is 4.12. The number of carboxylic acid groups (broad SMARTS) is 1. The molecule has 0 bridgehead atoms. The van der Waals surface area contributed by atoms with Gasteiger partial charge in [0.2, 0.25) is 5.78 Å². The Labute approximate surface area is 181 Å². The number of benzene rings is 2. The Kier molecular flexibility index (Phi) is 5.92. The van der Waals surface area contributed by atoms with Gasteiger partial charge in [0.15, 0.2) is 5.78 Å². The van der Waals surface area contributed by atoms with Crippen LogP contribution in [-0.2, 0) is 20.8 Å². The maximum absolute atomic E-state index is 12.8. The van der Waals surface area contributed by atoms with Gasteiger partial charge in [-0.15, -0.1) is 0 Å². The number of rotatable bonds is 8. The van der Waals surface area contributed by atoms with E-state index in [1.165, 1.54) is 0 Å². The number of aliphatic carboxylic acids is 1. The number of hydrogen-bond donors (Lipinski definition) is 3. The summed E-state index contributed by atoms with van der Waals surface area (Å²) in [7, 11) is 0. The first kappa shape index (κ1) is 21.2. The van der Waals surface area contributed by atoms with E-state index in [0.717, 1.165) is 36.1 Å². The highest BCUT2D eigenvalue weighted by molar-refractivity contribution is 6.37. The van der Waals surface area contributed by atoms with Crippen molar-refractivity contribution in [2.24, 2.45) is 11.7 Å². The van der Waals surface area contributed by atoms with Gasteiger partial charge in [-0.05, 0) is 42.4 Å². The molecule has 4 atom stereocenters. The van der Waals surface area contributed by atoms with Crippen molar-refractivity contribution in [3.05, 3.63) is 65.7 Å². The van der Waals surface area contributed by atoms with E-state index < -0.39 is 35.4 Å². The predicted molar refractivity (Wildman–Crippen MR) is 118 cm³/mol. The Morgan fingerprint density at radius 1 is 1.00 bits per heavy atom. The molecule has 1 aliphatic heterocycles. The number of carbonyl (C=O) groups excluding carboxylic acids is 2. The van der Waals surface area contributed by atoms with Crippen LogP contribution in [0.1, 0.15) is 49.1 Å². The van der Waals surface area contributed by atoms with Crippen molar-refractivity contribution in [1.82, 2.24) is 0 Å². The van der Waals surface area contributed by atoms with Crippen LogP contribution in [0.15, 0.2) is 54.6 Å². The molecule has 2 aromatic carbocycles. The predicted octanol–water partition coefficient (Wildman–Crippen LogP) is 3.31. The van der Waals surface area contributed by atoms with Crippen molar-refractivity contribution in [2.75, 3.05) is 5.32 Å². The molecule has 31 heavy (non-hydrogen) atoms. The largest absolute Gasteiger partial charge is 0.480 e. The van der Waals surface area contributed by atoms with Crippen molar-refractivity contribution in [3.8, 4) is 0 Å². The standard InChI is InChI=1S/C25H28N2O4/c26-25(24(30)31,15-22(29)21(28)14-13-16-7-2-1-3-8-16)23-17-9-4-5-11-19(17)27-20-12-6-10-18(20)23/h1-5,7-9,11,18,20,23,27H,6,10,12-15,26H2,(H,30,31)/t18-,20+,23?,25?/m0/s1. The van der Waals surface area contributed by atoms with E-state index in [2.05, 4.69) is 5.32 Å². The minimum atomic E-state index is -1.83. The van der Waals surface area contributed by atoms with Gasteiger partial charge in [-0.3, -0.25) is 14.4 Å². The number of para-hydroxylation sites is 1. The first-order valence-electron chi connectivity index (χ1n) is 10.9. The second-order valence-electron chi connectivity index (χ2n) is 8.76. The average Bonchev–Trinajstić information content (AvgIpc) is 3.24. The molecule has 4 rings (SSSR count). The van der Waals surface area contributed by atoms with Gasteiger partial charge in [0.25, 0.3) is 0 Å². The number of carboxylic acids is 1. The van der Waals surface area contributed by atoms with Gasteiger partial charge in [-0.2, -0.15) is 0 Å². The van der Waals surface area contributed by atoms with E-state index >= 15 is 0 Å². The second-order valence-corrected chi connectivity index (χ2v) is 8.76. The van der Waals surface area contributed by atoms with Crippen molar-refractivity contribution in [1.29, 1.82) is 0 Å². The molecule has 0 radical (unpaired) electrons. The van der Waals surface area contributed by atoms with Crippen LogP contribution in [0, 0.1) is 5.92 Å². The lowest BCUT2D eigenvalue weighted by atomic mass is 9.66. The molecule has 4 N–H and O–H groups in total. The van der Waals surface area contributed by atoms with Gasteiger partial charge in [0.05, 0.1) is 0 Å². The fraction of sp³-hybridized carbons (Fsp3) is 0.400. The summed E-state index contributed by atoms with van der Waals surface area (Å²) in [5, 5.41) is 13.7. The number of nitrogens with one attached hydrogen (secondary N) is 1. The second kappa shape index (κ2) is 8.63. The molecule has 0 aromatic heterocycles. The molecule has 162 valence electrons. The molecular formula is C25H28N2O4. The molecule has 0 spiro atoms. The van der Waals surface area contributed by atoms with Crippen LogP contribution < -0.4 is 11.1 Å². The normalized spacial score (nSPS) is 23.7. The third-order valence-corrected chi connectivity index (χ3v) is 6.84. The van der Waals surface area contributed by atoms with Crippen LogP contribution in [0.2, 0.25) is 0 Å². The van der Waals surface area contributed by atoms with Crippen molar-refractivity contribution >= 4 is 23.2 Å². The number of ketones is 2. The smallest absolute Gasteiger partial charge is 0.324 e. The van der Waals surface area contributed by atoms with Gasteiger partial charge < -0.3 is 16.2 Å². The molecule has 2 aliphatic rings. The lowest BCUT2D eigenvalue weighted by Crippen LogP contribution is -2.59. The molecule has 0 amide bonds. The average molecular weight is 421 g/mol. The highest BCUT2D eigenvalue weighted by atomic mass is 16.4. The zero-order valence-corrected chi connectivity index (χ0v) is 17.4. The number of fused-ring (bicyclic) bond motifs is 2. The lowest BCUT2D eigenvalue weighted by molar-refractivity contribution is -0.148. The maximum Gasteiger partial charge on any atom is 0.324 e. The fourth-order valence-electron chi connectivity index (χ4n) is 5.28. The summed E-state index contributed by atoms with van der Waals surface area (Å²) in [6.45, 7) is 0. The van der Waals surface area contributed by atoms with Crippen molar-refractivity contribution in [3.63, 3.8) is 0 Å². The number of aryl methyl sites for hydroxylation is 1. The molecular weight excluding hydrogens is 392 g/mol. The lowest BCUT2D eigenvalue weighted by Gasteiger charge is -2.44. The summed E-state index contributed by atoms with van der Waals surface area (Å²) in [6, 6.07) is 17.1. The number of hydrogen-bond acceptors (Lipinski definition) is 5. The van der Waals surface area contributed by atoms with E-state index in [9.17, 15) is 19.5 Å². The summed E-state index contributed by atoms with van der Waals surface area (Å²) in [6.07, 6.45) is 2.77. The monoisotopic (exact) mass is 420 g/mol. The summed E-state index contributed by atoms with van der Waals surface area (Å²) < 4.78 is 0. The summed E-state index contributed by atoms with van der Waals surface area (Å²) in [5.41, 5.74) is 7.35. The molecule has 6 heteroatoms. The molecule has 2 aromatic rings. The van der Waals surface area contributed by atoms with E-state index in [1.807, 2.05) is 54.6 Å². The Hall–Kier alpha value is -2.99. The molecule has 1 aliphatic carbocycles. The minimum absolute atomic E-state index is 0.0169. The molecule has 1 fully saturated rings. The number of carbonyl (C=O) groups is 3. The van der Waals surface area contributed by atoms with Crippen LogP contribution in [-0.4, -0.2) is 34.2 Å². The van der Waals surface area contributed by atoms with E-state index in [1.54, 1.807) is 0 Å². The zero-order chi connectivity index (χ0) is 22.0. The molecule has 0 saturated heterocycles. The van der Waals surface area contributed by atoms with E-state index in [-0.39, 0.29) is 18.4 Å². The molecule has 1 heterocycles. The number of Topliss-reactive ketones (excluding diaryl/α,β-unsaturated/α-hetero) is 2. The SMILES string of the molecule is NC(CC(=O)C(=O)CCc1ccccc1)(C(=O)O)C1c2ccccc2N[C@@H]2CCC[C@H]12. The Morgan fingerprint density at radius 2 is 1.71 bits per heavy atom. The minimum Gasteiger partial charge on any atom is -0.480 e. The first-order valence-corrected chi connectivity index (χ1v) is 10.9. The van der Waals surface area contributed by atoms with Crippen molar-refractivity contribution in [2.45, 2.75) is 56.0 Å². The van der Waals surface area contributed by atoms with Crippen molar-refractivity contribution < 1.29 is 19.5 Å². The van der Waals surface area contributed by atoms with Crippen LogP contribution in [0.5, 0.6) is 0 Å². The zero-order valence-electron chi connectivity index (χ0n) is 17.4. The topological polar surface area (TPSA) is 109 Å². The van der Waals surface area contributed by atoms with Crippen LogP contribution >= 0.6 is 0 Å². The van der Waals surface area contributed by atoms with Gasteiger partial charge in [0, 0.05) is 30.5 Å². The third-order valence-electron chi connectivity index (χ3n) is 6.84. The van der Waals surface area contributed by atoms with E-state index in [0.29, 0.717) is 6.42 Å². The van der Waals surface area contributed by atoms with Gasteiger partial charge in [-0.1, -0.05) is 55.0 Å². The fourth-order valence-corrected chi connectivity index (χ4v) is 5.28. The quantitative estimate of drug-likeness (QED) is 0.565. The summed E-state index contributed by atoms with van der Waals surface area (Å²) in [5.74, 6) is -3.01. The highest BCUT2D eigenvalue weighted by Gasteiger charge is 2.53. The Morgan fingerprint density at radius 3 is 2.45 bits per heavy atom. The summed E-state index contributed by atoms with van der Waals surface area (Å²) in [4.78, 5) is 37.8. The van der Waals surface area contributed by atoms with E-state index in [4.69, 9.17) is 5.73 Å².